The number of pyridine rings is 1. The minimum absolute atomic E-state index is 0.0220. The summed E-state index contributed by atoms with van der Waals surface area (Å²) in [4.78, 5) is 49.2. The molecule has 8 nitrogen and oxygen atoms in total. The third-order valence-corrected chi connectivity index (χ3v) is 4.08. The molecule has 8 heteroatoms. The number of rotatable bonds is 5. The molecule has 1 N–H and O–H groups in total. The molecule has 1 saturated heterocycles. The number of amides is 3. The highest BCUT2D eigenvalue weighted by Crippen LogP contribution is 2.17. The zero-order valence-electron chi connectivity index (χ0n) is 14.0. The number of benzene rings is 1. The summed E-state index contributed by atoms with van der Waals surface area (Å²) in [6.45, 7) is -0.395. The number of hydrogen-bond donors (Lipinski definition) is 1. The van der Waals surface area contributed by atoms with E-state index < -0.39 is 29.5 Å². The Labute approximate surface area is 149 Å². The molecule has 2 aromatic rings. The number of cyclic esters (lactones) is 1. The van der Waals surface area contributed by atoms with Crippen molar-refractivity contribution in [1.29, 1.82) is 0 Å². The van der Waals surface area contributed by atoms with Gasteiger partial charge < -0.3 is 14.6 Å². The van der Waals surface area contributed by atoms with Gasteiger partial charge in [-0.1, -0.05) is 30.3 Å². The average Bonchev–Trinajstić information content (AvgIpc) is 2.96. The van der Waals surface area contributed by atoms with Crippen LogP contribution in [0.4, 0.5) is 4.79 Å². The van der Waals surface area contributed by atoms with E-state index in [2.05, 4.69) is 5.32 Å². The van der Waals surface area contributed by atoms with Crippen LogP contribution < -0.4 is 10.9 Å². The van der Waals surface area contributed by atoms with Crippen LogP contribution in [0.3, 0.4) is 0 Å². The van der Waals surface area contributed by atoms with E-state index in [1.54, 1.807) is 43.6 Å². The van der Waals surface area contributed by atoms with Crippen molar-refractivity contribution in [3.63, 3.8) is 0 Å². The van der Waals surface area contributed by atoms with Crippen molar-refractivity contribution in [2.24, 2.45) is 7.05 Å². The molecule has 1 aromatic heterocycles. The molecule has 3 rings (SSSR count). The molecule has 134 valence electrons. The number of carbonyl (C=O) groups excluding carboxylic acids is 3. The average molecular weight is 355 g/mol. The van der Waals surface area contributed by atoms with Crippen molar-refractivity contribution < 1.29 is 19.1 Å². The molecule has 0 aliphatic carbocycles. The standard InChI is InChI=1S/C18H17N3O5/c1-20-9-5-8-13(17(20)24)16(23)19-14(12-6-3-2-4-7-12)10-21-15(22)11-26-18(21)25/h2-9,14H,10-11H2,1H3,(H,19,23)/t14-/m0/s1. The molecule has 1 aliphatic rings. The number of carbonyl (C=O) groups is 3. The summed E-state index contributed by atoms with van der Waals surface area (Å²) in [5.41, 5.74) is 0.237. The number of aromatic nitrogens is 1. The predicted molar refractivity (Wildman–Crippen MR) is 91.4 cm³/mol. The van der Waals surface area contributed by atoms with Gasteiger partial charge in [0.25, 0.3) is 17.4 Å². The van der Waals surface area contributed by atoms with Gasteiger partial charge in [-0.2, -0.15) is 0 Å². The normalized spacial score (nSPS) is 14.9. The Hall–Kier alpha value is -3.42. The van der Waals surface area contributed by atoms with Gasteiger partial charge in [0.15, 0.2) is 6.61 Å². The Bertz CT molecular complexity index is 891. The van der Waals surface area contributed by atoms with Crippen molar-refractivity contribution in [2.75, 3.05) is 13.2 Å². The fraction of sp³-hybridized carbons (Fsp3) is 0.222. The summed E-state index contributed by atoms with van der Waals surface area (Å²) in [6, 6.07) is 11.2. The first kappa shape index (κ1) is 17.4. The molecule has 26 heavy (non-hydrogen) atoms. The lowest BCUT2D eigenvalue weighted by Crippen LogP contribution is -2.41. The minimum Gasteiger partial charge on any atom is -0.439 e. The second-order valence-corrected chi connectivity index (χ2v) is 5.83. The smallest absolute Gasteiger partial charge is 0.417 e. The van der Waals surface area contributed by atoms with Crippen LogP contribution >= 0.6 is 0 Å². The Morgan fingerprint density at radius 1 is 1.15 bits per heavy atom. The van der Waals surface area contributed by atoms with Crippen LogP contribution in [0.25, 0.3) is 0 Å². The highest BCUT2D eigenvalue weighted by molar-refractivity contribution is 5.98. The molecule has 0 spiro atoms. The third-order valence-electron chi connectivity index (χ3n) is 4.08. The molecule has 0 bridgehead atoms. The summed E-state index contributed by atoms with van der Waals surface area (Å²) in [7, 11) is 1.55. The van der Waals surface area contributed by atoms with Gasteiger partial charge in [-0.05, 0) is 17.7 Å². The van der Waals surface area contributed by atoms with Gasteiger partial charge in [-0.15, -0.1) is 0 Å². The Morgan fingerprint density at radius 3 is 2.54 bits per heavy atom. The van der Waals surface area contributed by atoms with E-state index in [4.69, 9.17) is 4.74 Å². The molecule has 0 saturated carbocycles. The van der Waals surface area contributed by atoms with Gasteiger partial charge in [0.1, 0.15) is 5.56 Å². The predicted octanol–water partition coefficient (Wildman–Crippen LogP) is 0.835. The first-order valence-electron chi connectivity index (χ1n) is 7.96. The molecular weight excluding hydrogens is 338 g/mol. The van der Waals surface area contributed by atoms with Crippen LogP contribution in [0.5, 0.6) is 0 Å². The van der Waals surface area contributed by atoms with E-state index >= 15 is 0 Å². The van der Waals surface area contributed by atoms with Gasteiger partial charge in [-0.25, -0.2) is 9.69 Å². The number of imide groups is 1. The largest absolute Gasteiger partial charge is 0.439 e. The summed E-state index contributed by atoms with van der Waals surface area (Å²) in [5.74, 6) is -1.05. The van der Waals surface area contributed by atoms with Crippen molar-refractivity contribution in [1.82, 2.24) is 14.8 Å². The Morgan fingerprint density at radius 2 is 1.88 bits per heavy atom. The third kappa shape index (κ3) is 3.49. The zero-order valence-corrected chi connectivity index (χ0v) is 14.0. The number of nitrogens with one attached hydrogen (secondary N) is 1. The van der Waals surface area contributed by atoms with Crippen LogP contribution in [0.15, 0.2) is 53.5 Å². The highest BCUT2D eigenvalue weighted by Gasteiger charge is 2.34. The summed E-state index contributed by atoms with van der Waals surface area (Å²) in [6.07, 6.45) is 0.799. The van der Waals surface area contributed by atoms with Gasteiger partial charge >= 0.3 is 6.09 Å². The number of nitrogens with zero attached hydrogens (tertiary/aromatic N) is 2. The number of ether oxygens (including phenoxy) is 1. The maximum Gasteiger partial charge on any atom is 0.417 e. The van der Waals surface area contributed by atoms with E-state index in [0.717, 1.165) is 4.90 Å². The second kappa shape index (κ2) is 7.22. The van der Waals surface area contributed by atoms with Crippen molar-refractivity contribution in [2.45, 2.75) is 6.04 Å². The van der Waals surface area contributed by atoms with Gasteiger partial charge in [0.2, 0.25) is 0 Å². The van der Waals surface area contributed by atoms with Gasteiger partial charge in [-0.3, -0.25) is 14.4 Å². The van der Waals surface area contributed by atoms with E-state index in [9.17, 15) is 19.2 Å². The zero-order chi connectivity index (χ0) is 18.7. The lowest BCUT2D eigenvalue weighted by molar-refractivity contribution is -0.126. The van der Waals surface area contributed by atoms with Crippen LogP contribution in [0, 0.1) is 0 Å². The number of hydrogen-bond acceptors (Lipinski definition) is 5. The molecule has 1 aromatic carbocycles. The molecule has 0 unspecified atom stereocenters. The van der Waals surface area contributed by atoms with E-state index in [1.165, 1.54) is 10.6 Å². The fourth-order valence-electron chi connectivity index (χ4n) is 2.67. The lowest BCUT2D eigenvalue weighted by Gasteiger charge is -2.22. The van der Waals surface area contributed by atoms with E-state index in [1.807, 2.05) is 6.07 Å². The Balaban J connectivity index is 1.87. The second-order valence-electron chi connectivity index (χ2n) is 5.83. The first-order valence-corrected chi connectivity index (χ1v) is 7.96. The van der Waals surface area contributed by atoms with Crippen molar-refractivity contribution >= 4 is 17.9 Å². The first-order chi connectivity index (χ1) is 12.5. The maximum absolute atomic E-state index is 12.6. The fourth-order valence-corrected chi connectivity index (χ4v) is 2.67. The van der Waals surface area contributed by atoms with Crippen molar-refractivity contribution in [3.05, 3.63) is 70.1 Å². The van der Waals surface area contributed by atoms with Crippen LogP contribution in [-0.2, 0) is 16.6 Å². The molecule has 2 heterocycles. The minimum atomic E-state index is -0.749. The SMILES string of the molecule is Cn1cccc(C(=O)N[C@@H](CN2C(=O)COC2=O)c2ccccc2)c1=O. The van der Waals surface area contributed by atoms with Crippen LogP contribution in [0.2, 0.25) is 0 Å². The summed E-state index contributed by atoms with van der Waals surface area (Å²) < 4.78 is 6.01. The van der Waals surface area contributed by atoms with E-state index in [0.29, 0.717) is 5.56 Å². The summed E-state index contributed by atoms with van der Waals surface area (Å²) in [5, 5.41) is 2.73. The number of aryl methyl sites for hydroxylation is 1. The molecule has 0 radical (unpaired) electrons. The van der Waals surface area contributed by atoms with Crippen molar-refractivity contribution in [3.8, 4) is 0 Å². The monoisotopic (exact) mass is 355 g/mol. The molecule has 1 fully saturated rings. The van der Waals surface area contributed by atoms with E-state index in [-0.39, 0.29) is 18.7 Å². The lowest BCUT2D eigenvalue weighted by atomic mass is 10.1. The maximum atomic E-state index is 12.6. The topological polar surface area (TPSA) is 97.7 Å². The molecule has 3 amide bonds. The van der Waals surface area contributed by atoms with Crippen LogP contribution in [-0.4, -0.2) is 40.5 Å². The Kier molecular flexibility index (Phi) is 4.83. The van der Waals surface area contributed by atoms with Crippen LogP contribution in [0.1, 0.15) is 22.0 Å². The van der Waals surface area contributed by atoms with Gasteiger partial charge in [0, 0.05) is 13.2 Å². The highest BCUT2D eigenvalue weighted by atomic mass is 16.6. The quantitative estimate of drug-likeness (QED) is 0.857. The summed E-state index contributed by atoms with van der Waals surface area (Å²) >= 11 is 0. The van der Waals surface area contributed by atoms with Gasteiger partial charge in [0.05, 0.1) is 12.6 Å². The molecular formula is C18H17N3O5. The molecule has 1 aliphatic heterocycles. The molecule has 1 atom stereocenters.